The van der Waals surface area contributed by atoms with E-state index in [-0.39, 0.29) is 23.7 Å². The Morgan fingerprint density at radius 3 is 2.32 bits per heavy atom. The molecule has 2 atom stereocenters. The largest absolute Gasteiger partial charge is 0.466 e. The van der Waals surface area contributed by atoms with Gasteiger partial charge in [-0.2, -0.15) is 0 Å². The van der Waals surface area contributed by atoms with Crippen molar-refractivity contribution in [2.24, 2.45) is 5.41 Å². The second-order valence-electron chi connectivity index (χ2n) is 9.82. The van der Waals surface area contributed by atoms with Gasteiger partial charge in [-0.1, -0.05) is 45.4 Å². The van der Waals surface area contributed by atoms with Crippen LogP contribution in [-0.4, -0.2) is 52.5 Å². The summed E-state index contributed by atoms with van der Waals surface area (Å²) in [5, 5.41) is 10.6. The first-order valence-electron chi connectivity index (χ1n) is 12.3. The first-order chi connectivity index (χ1) is 14.6. The van der Waals surface area contributed by atoms with Gasteiger partial charge in [0.1, 0.15) is 5.41 Å². The zero-order valence-electron chi connectivity index (χ0n) is 20.5. The summed E-state index contributed by atoms with van der Waals surface area (Å²) in [5.74, 6) is -0.230. The third-order valence-electron chi connectivity index (χ3n) is 6.44. The highest BCUT2D eigenvalue weighted by atomic mass is 16.5. The number of amides is 1. The number of hydrogen-bond donors (Lipinski definition) is 1. The molecule has 0 aliphatic carbocycles. The second-order valence-corrected chi connectivity index (χ2v) is 9.82. The number of aliphatic hydroxyl groups is 1. The fraction of sp³-hybridized carbons (Fsp3) is 0.880. The third-order valence-corrected chi connectivity index (χ3v) is 6.44. The van der Waals surface area contributed by atoms with Crippen LogP contribution in [0.2, 0.25) is 0 Å². The van der Waals surface area contributed by atoms with Crippen molar-refractivity contribution < 1.29 is 24.2 Å². The monoisotopic (exact) mass is 439 g/mol. The third kappa shape index (κ3) is 8.91. The normalized spacial score (nSPS) is 20.2. The Bertz CT molecular complexity index is 584. The summed E-state index contributed by atoms with van der Waals surface area (Å²) < 4.78 is 4.94. The molecule has 0 aromatic heterocycles. The minimum absolute atomic E-state index is 0.0127. The number of esters is 1. The first kappa shape index (κ1) is 27.6. The number of nitrogens with zero attached hydrogens (tertiary/aromatic N) is 1. The first-order valence-corrected chi connectivity index (χ1v) is 12.3. The maximum absolute atomic E-state index is 12.9. The van der Waals surface area contributed by atoms with Gasteiger partial charge in [0.05, 0.1) is 18.2 Å². The Labute approximate surface area is 189 Å². The summed E-state index contributed by atoms with van der Waals surface area (Å²) >= 11 is 0. The summed E-state index contributed by atoms with van der Waals surface area (Å²) in [4.78, 5) is 38.9. The number of ketones is 1. The van der Waals surface area contributed by atoms with Crippen molar-refractivity contribution in [2.75, 3.05) is 13.2 Å². The fourth-order valence-corrected chi connectivity index (χ4v) is 4.41. The van der Waals surface area contributed by atoms with Gasteiger partial charge in [0.2, 0.25) is 5.91 Å². The van der Waals surface area contributed by atoms with Gasteiger partial charge < -0.3 is 14.7 Å². The lowest BCUT2D eigenvalue weighted by Gasteiger charge is -2.27. The minimum Gasteiger partial charge on any atom is -0.466 e. The lowest BCUT2D eigenvalue weighted by molar-refractivity contribution is -0.143. The van der Waals surface area contributed by atoms with Crippen molar-refractivity contribution in [1.82, 2.24) is 4.90 Å². The van der Waals surface area contributed by atoms with E-state index in [1.807, 2.05) is 6.92 Å². The molecule has 0 saturated carbocycles. The summed E-state index contributed by atoms with van der Waals surface area (Å²) in [6.45, 7) is 10.2. The van der Waals surface area contributed by atoms with Crippen LogP contribution in [0.1, 0.15) is 112 Å². The SMILES string of the molecule is CCCCCC(C)(O)CCCN1C(=O)C(C)(C)C(=O)C1CCCCCCC(=O)OCC. The molecule has 180 valence electrons. The Hall–Kier alpha value is -1.43. The number of unbranched alkanes of at least 4 members (excludes halogenated alkanes) is 5. The molecule has 1 fully saturated rings. The smallest absolute Gasteiger partial charge is 0.305 e. The molecule has 1 amide bonds. The topological polar surface area (TPSA) is 83.9 Å². The average molecular weight is 440 g/mol. The molecular weight excluding hydrogens is 394 g/mol. The zero-order chi connectivity index (χ0) is 23.5. The molecule has 1 N–H and O–H groups in total. The van der Waals surface area contributed by atoms with E-state index in [1.54, 1.807) is 25.7 Å². The highest BCUT2D eigenvalue weighted by Crippen LogP contribution is 2.35. The highest BCUT2D eigenvalue weighted by molar-refractivity contribution is 6.13. The molecule has 6 nitrogen and oxygen atoms in total. The molecule has 0 bridgehead atoms. The van der Waals surface area contributed by atoms with Gasteiger partial charge in [0, 0.05) is 13.0 Å². The molecule has 0 spiro atoms. The molecule has 1 rings (SSSR count). The molecule has 1 heterocycles. The van der Waals surface area contributed by atoms with Crippen LogP contribution in [0.4, 0.5) is 0 Å². The molecule has 0 radical (unpaired) electrons. The van der Waals surface area contributed by atoms with Crippen molar-refractivity contribution in [3.05, 3.63) is 0 Å². The molecule has 1 aliphatic rings. The number of hydrogen-bond acceptors (Lipinski definition) is 5. The number of ether oxygens (including phenoxy) is 1. The predicted molar refractivity (Wildman–Crippen MR) is 123 cm³/mol. The number of carbonyl (C=O) groups is 3. The number of rotatable bonds is 16. The van der Waals surface area contributed by atoms with E-state index in [9.17, 15) is 19.5 Å². The van der Waals surface area contributed by atoms with Crippen LogP contribution in [0.15, 0.2) is 0 Å². The summed E-state index contributed by atoms with van der Waals surface area (Å²) in [6, 6.07) is -0.363. The highest BCUT2D eigenvalue weighted by Gasteiger charge is 2.52. The van der Waals surface area contributed by atoms with Crippen LogP contribution in [-0.2, 0) is 19.1 Å². The number of likely N-dealkylation sites (tertiary alicyclic amines) is 1. The van der Waals surface area contributed by atoms with Gasteiger partial charge in [-0.05, 0) is 59.8 Å². The molecule has 1 saturated heterocycles. The standard InChI is InChI=1S/C25H45NO5/c1-6-8-13-17-25(5,30)18-14-19-26-20(22(28)24(3,4)23(26)29)15-11-9-10-12-16-21(27)31-7-2/h20,30H,6-19H2,1-5H3. The van der Waals surface area contributed by atoms with Crippen molar-refractivity contribution in [3.63, 3.8) is 0 Å². The summed E-state index contributed by atoms with van der Waals surface area (Å²) in [7, 11) is 0. The molecule has 1 aliphatic heterocycles. The van der Waals surface area contributed by atoms with Crippen LogP contribution in [0.25, 0.3) is 0 Å². The second kappa shape index (κ2) is 13.2. The Morgan fingerprint density at radius 1 is 1.03 bits per heavy atom. The summed E-state index contributed by atoms with van der Waals surface area (Å²) in [5.41, 5.74) is -1.68. The lowest BCUT2D eigenvalue weighted by Crippen LogP contribution is -2.37. The van der Waals surface area contributed by atoms with Gasteiger partial charge in [-0.25, -0.2) is 0 Å². The van der Waals surface area contributed by atoms with E-state index in [4.69, 9.17) is 4.74 Å². The molecule has 31 heavy (non-hydrogen) atoms. The van der Waals surface area contributed by atoms with Crippen molar-refractivity contribution in [2.45, 2.75) is 123 Å². The van der Waals surface area contributed by atoms with Crippen LogP contribution in [0, 0.1) is 5.41 Å². The average Bonchev–Trinajstić information content (AvgIpc) is 2.85. The van der Waals surface area contributed by atoms with Crippen LogP contribution in [0.5, 0.6) is 0 Å². The van der Waals surface area contributed by atoms with Crippen LogP contribution in [0.3, 0.4) is 0 Å². The maximum atomic E-state index is 12.9. The molecule has 0 aromatic carbocycles. The molecular formula is C25H45NO5. The molecule has 0 aromatic rings. The van der Waals surface area contributed by atoms with Gasteiger partial charge in [0.25, 0.3) is 0 Å². The van der Waals surface area contributed by atoms with E-state index in [2.05, 4.69) is 6.92 Å². The van der Waals surface area contributed by atoms with Crippen molar-refractivity contribution >= 4 is 17.7 Å². The Balaban J connectivity index is 2.49. The van der Waals surface area contributed by atoms with Crippen LogP contribution < -0.4 is 0 Å². The van der Waals surface area contributed by atoms with E-state index < -0.39 is 11.0 Å². The number of carbonyl (C=O) groups excluding carboxylic acids is 3. The Morgan fingerprint density at radius 2 is 1.68 bits per heavy atom. The Kier molecular flexibility index (Phi) is 11.7. The van der Waals surface area contributed by atoms with Crippen LogP contribution >= 0.6 is 0 Å². The number of Topliss-reactive ketones (excluding diaryl/α,β-unsaturated/α-hetero) is 1. The van der Waals surface area contributed by atoms with E-state index in [0.29, 0.717) is 38.8 Å². The van der Waals surface area contributed by atoms with Gasteiger partial charge in [0.15, 0.2) is 5.78 Å². The minimum atomic E-state index is -0.960. The van der Waals surface area contributed by atoms with Gasteiger partial charge in [-0.3, -0.25) is 14.4 Å². The maximum Gasteiger partial charge on any atom is 0.305 e. The fourth-order valence-electron chi connectivity index (χ4n) is 4.41. The van der Waals surface area contributed by atoms with Gasteiger partial charge in [-0.15, -0.1) is 0 Å². The predicted octanol–water partition coefficient (Wildman–Crippen LogP) is 4.81. The van der Waals surface area contributed by atoms with E-state index >= 15 is 0 Å². The van der Waals surface area contributed by atoms with Crippen molar-refractivity contribution in [3.8, 4) is 0 Å². The van der Waals surface area contributed by atoms with E-state index in [0.717, 1.165) is 51.4 Å². The van der Waals surface area contributed by atoms with Gasteiger partial charge >= 0.3 is 5.97 Å². The quantitative estimate of drug-likeness (QED) is 0.212. The lowest BCUT2D eigenvalue weighted by atomic mass is 9.87. The van der Waals surface area contributed by atoms with Crippen molar-refractivity contribution in [1.29, 1.82) is 0 Å². The molecule has 6 heteroatoms. The van der Waals surface area contributed by atoms with E-state index in [1.165, 1.54) is 0 Å². The molecule has 2 unspecified atom stereocenters. The zero-order valence-corrected chi connectivity index (χ0v) is 20.5. The summed E-state index contributed by atoms with van der Waals surface area (Å²) in [6.07, 6.45) is 9.95.